The van der Waals surface area contributed by atoms with Crippen molar-refractivity contribution in [2.45, 2.75) is 103 Å². The smallest absolute Gasteiger partial charge is 0.220 e. The first-order chi connectivity index (χ1) is 10.2. The van der Waals surface area contributed by atoms with Crippen LogP contribution in [0.25, 0.3) is 0 Å². The summed E-state index contributed by atoms with van der Waals surface area (Å²) in [7, 11) is 0. The molecule has 3 N–H and O–H groups in total. The zero-order chi connectivity index (χ0) is 15.5. The number of hydrogen-bond acceptors (Lipinski definition) is 2. The predicted octanol–water partition coefficient (Wildman–Crippen LogP) is 4.15. The maximum absolute atomic E-state index is 11.2. The molecular formula is C18H36N2O. The summed E-state index contributed by atoms with van der Waals surface area (Å²) in [6.45, 7) is 4.54. The van der Waals surface area contributed by atoms with Gasteiger partial charge in [0.25, 0.3) is 0 Å². The molecule has 3 nitrogen and oxygen atoms in total. The fraction of sp³-hybridized carbons (Fsp3) is 0.944. The van der Waals surface area contributed by atoms with E-state index >= 15 is 0 Å². The minimum absolute atomic E-state index is 0.101. The van der Waals surface area contributed by atoms with E-state index in [1.807, 2.05) is 0 Å². The van der Waals surface area contributed by atoms with Crippen LogP contribution in [0.1, 0.15) is 90.9 Å². The number of amides is 1. The molecule has 0 bridgehead atoms. The number of carbonyl (C=O) groups excluding carboxylic acids is 1. The highest BCUT2D eigenvalue weighted by molar-refractivity contribution is 5.76. The topological polar surface area (TPSA) is 55.1 Å². The van der Waals surface area contributed by atoms with Gasteiger partial charge >= 0.3 is 0 Å². The Kier molecular flexibility index (Phi) is 9.73. The third-order valence-electron chi connectivity index (χ3n) is 4.91. The van der Waals surface area contributed by atoms with E-state index in [1.54, 1.807) is 0 Å². The summed E-state index contributed by atoms with van der Waals surface area (Å²) in [6.07, 6.45) is 14.8. The Labute approximate surface area is 131 Å². The summed E-state index contributed by atoms with van der Waals surface area (Å²) in [5, 5.41) is 3.88. The van der Waals surface area contributed by atoms with Gasteiger partial charge in [-0.3, -0.25) is 4.79 Å². The van der Waals surface area contributed by atoms with E-state index in [-0.39, 0.29) is 11.8 Å². The molecule has 0 aromatic carbocycles. The van der Waals surface area contributed by atoms with Crippen LogP contribution in [0.5, 0.6) is 0 Å². The molecule has 0 aromatic rings. The lowest BCUT2D eigenvalue weighted by molar-refractivity contribution is -0.122. The lowest BCUT2D eigenvalue weighted by atomic mass is 9.85. The molecule has 0 aliphatic heterocycles. The van der Waals surface area contributed by atoms with Crippen molar-refractivity contribution in [1.29, 1.82) is 0 Å². The number of nitrogens with one attached hydrogen (secondary N) is 1. The molecule has 3 heteroatoms. The normalized spacial score (nSPS) is 22.6. The molecule has 1 rings (SSSR count). The van der Waals surface area contributed by atoms with E-state index in [4.69, 9.17) is 5.73 Å². The molecule has 0 unspecified atom stereocenters. The Morgan fingerprint density at radius 3 is 1.95 bits per heavy atom. The molecule has 1 aliphatic carbocycles. The zero-order valence-electron chi connectivity index (χ0n) is 14.2. The van der Waals surface area contributed by atoms with Crippen LogP contribution >= 0.6 is 0 Å². The molecule has 1 amide bonds. The Morgan fingerprint density at radius 1 is 1.00 bits per heavy atom. The maximum Gasteiger partial charge on any atom is 0.220 e. The summed E-state index contributed by atoms with van der Waals surface area (Å²) >= 11 is 0. The second kappa shape index (κ2) is 11.1. The van der Waals surface area contributed by atoms with Crippen molar-refractivity contribution in [2.75, 3.05) is 0 Å². The average Bonchev–Trinajstić information content (AvgIpc) is 2.48. The Balaban J connectivity index is 2.31. The van der Waals surface area contributed by atoms with Crippen LogP contribution in [-0.2, 0) is 4.79 Å². The average molecular weight is 296 g/mol. The number of carbonyl (C=O) groups is 1. The van der Waals surface area contributed by atoms with Crippen molar-refractivity contribution in [1.82, 2.24) is 5.32 Å². The third kappa shape index (κ3) is 7.85. The first-order valence-corrected chi connectivity index (χ1v) is 9.22. The minimum atomic E-state index is -0.101. The Morgan fingerprint density at radius 2 is 1.52 bits per heavy atom. The van der Waals surface area contributed by atoms with E-state index in [2.05, 4.69) is 19.2 Å². The molecule has 0 spiro atoms. The van der Waals surface area contributed by atoms with Crippen LogP contribution < -0.4 is 11.1 Å². The molecule has 1 fully saturated rings. The summed E-state index contributed by atoms with van der Waals surface area (Å²) in [5.41, 5.74) is 5.42. The molecule has 21 heavy (non-hydrogen) atoms. The molecule has 0 radical (unpaired) electrons. The molecule has 1 aliphatic rings. The van der Waals surface area contributed by atoms with Crippen LogP contribution in [0.2, 0.25) is 0 Å². The zero-order valence-corrected chi connectivity index (χ0v) is 14.2. The van der Waals surface area contributed by atoms with Crippen molar-refractivity contribution < 1.29 is 4.79 Å². The third-order valence-corrected chi connectivity index (χ3v) is 4.91. The SMILES string of the molecule is CCCCCC(CCCCC)NC1CCC(C(N)=O)CC1. The summed E-state index contributed by atoms with van der Waals surface area (Å²) < 4.78 is 0. The van der Waals surface area contributed by atoms with Crippen molar-refractivity contribution in [3.05, 3.63) is 0 Å². The standard InChI is InChI=1S/C18H36N2O/c1-3-5-7-9-16(10-8-6-4-2)20-17-13-11-15(12-14-17)18(19)21/h15-17,20H,3-14H2,1-2H3,(H2,19,21). The van der Waals surface area contributed by atoms with Gasteiger partial charge in [0.05, 0.1) is 0 Å². The highest BCUT2D eigenvalue weighted by atomic mass is 16.1. The van der Waals surface area contributed by atoms with E-state index in [9.17, 15) is 4.79 Å². The molecule has 0 heterocycles. The van der Waals surface area contributed by atoms with Crippen molar-refractivity contribution in [3.63, 3.8) is 0 Å². The Bertz CT molecular complexity index is 262. The second-order valence-corrected chi connectivity index (χ2v) is 6.81. The predicted molar refractivity (Wildman–Crippen MR) is 90.1 cm³/mol. The lowest BCUT2D eigenvalue weighted by Gasteiger charge is -2.31. The largest absolute Gasteiger partial charge is 0.369 e. The molecule has 124 valence electrons. The summed E-state index contributed by atoms with van der Waals surface area (Å²) in [6, 6.07) is 1.28. The van der Waals surface area contributed by atoms with Gasteiger partial charge < -0.3 is 11.1 Å². The van der Waals surface area contributed by atoms with Crippen molar-refractivity contribution in [3.8, 4) is 0 Å². The number of nitrogens with two attached hydrogens (primary N) is 1. The van der Waals surface area contributed by atoms with E-state index in [1.165, 1.54) is 51.4 Å². The van der Waals surface area contributed by atoms with Crippen molar-refractivity contribution >= 4 is 5.91 Å². The van der Waals surface area contributed by atoms with Gasteiger partial charge in [-0.05, 0) is 38.5 Å². The fourth-order valence-corrected chi connectivity index (χ4v) is 3.47. The maximum atomic E-state index is 11.2. The number of primary amides is 1. The van der Waals surface area contributed by atoms with Gasteiger partial charge in [0, 0.05) is 18.0 Å². The molecule has 0 saturated heterocycles. The van der Waals surface area contributed by atoms with Crippen LogP contribution in [0.4, 0.5) is 0 Å². The van der Waals surface area contributed by atoms with E-state index < -0.39 is 0 Å². The molecular weight excluding hydrogens is 260 g/mol. The lowest BCUT2D eigenvalue weighted by Crippen LogP contribution is -2.42. The van der Waals surface area contributed by atoms with Crippen LogP contribution in [0.15, 0.2) is 0 Å². The molecule has 1 saturated carbocycles. The first kappa shape index (κ1) is 18.5. The molecule has 0 aromatic heterocycles. The second-order valence-electron chi connectivity index (χ2n) is 6.81. The van der Waals surface area contributed by atoms with E-state index in [0.29, 0.717) is 12.1 Å². The van der Waals surface area contributed by atoms with Crippen molar-refractivity contribution in [2.24, 2.45) is 11.7 Å². The first-order valence-electron chi connectivity index (χ1n) is 9.22. The minimum Gasteiger partial charge on any atom is -0.369 e. The van der Waals surface area contributed by atoms with Gasteiger partial charge in [0.15, 0.2) is 0 Å². The summed E-state index contributed by atoms with van der Waals surface area (Å²) in [5.74, 6) is 0.0255. The quantitative estimate of drug-likeness (QED) is 0.563. The van der Waals surface area contributed by atoms with Crippen LogP contribution in [-0.4, -0.2) is 18.0 Å². The van der Waals surface area contributed by atoms with Gasteiger partial charge in [-0.1, -0.05) is 52.4 Å². The number of hydrogen-bond donors (Lipinski definition) is 2. The molecule has 0 atom stereocenters. The number of unbranched alkanes of at least 4 members (excludes halogenated alkanes) is 4. The van der Waals surface area contributed by atoms with Gasteiger partial charge in [-0.15, -0.1) is 0 Å². The van der Waals surface area contributed by atoms with Gasteiger partial charge in [0.2, 0.25) is 5.91 Å². The number of rotatable bonds is 11. The van der Waals surface area contributed by atoms with Crippen LogP contribution in [0, 0.1) is 5.92 Å². The van der Waals surface area contributed by atoms with Gasteiger partial charge in [-0.25, -0.2) is 0 Å². The van der Waals surface area contributed by atoms with Gasteiger partial charge in [-0.2, -0.15) is 0 Å². The van der Waals surface area contributed by atoms with E-state index in [0.717, 1.165) is 25.7 Å². The Hall–Kier alpha value is -0.570. The highest BCUT2D eigenvalue weighted by Gasteiger charge is 2.25. The summed E-state index contributed by atoms with van der Waals surface area (Å²) in [4.78, 5) is 11.2. The van der Waals surface area contributed by atoms with Crippen LogP contribution in [0.3, 0.4) is 0 Å². The monoisotopic (exact) mass is 296 g/mol. The fourth-order valence-electron chi connectivity index (χ4n) is 3.47. The van der Waals surface area contributed by atoms with Gasteiger partial charge in [0.1, 0.15) is 0 Å². The highest BCUT2D eigenvalue weighted by Crippen LogP contribution is 2.25.